The highest BCUT2D eigenvalue weighted by Gasteiger charge is 2.17. The molecule has 0 aliphatic rings. The van der Waals surface area contributed by atoms with E-state index in [9.17, 15) is 14.0 Å². The van der Waals surface area contributed by atoms with Crippen molar-refractivity contribution in [1.82, 2.24) is 5.32 Å². The van der Waals surface area contributed by atoms with Crippen LogP contribution in [-0.2, 0) is 9.59 Å². The maximum absolute atomic E-state index is 13.5. The lowest BCUT2D eigenvalue weighted by atomic mass is 10.1. The van der Waals surface area contributed by atoms with Crippen LogP contribution < -0.4 is 10.6 Å². The van der Waals surface area contributed by atoms with Crippen LogP contribution in [-0.4, -0.2) is 30.1 Å². The van der Waals surface area contributed by atoms with Gasteiger partial charge in [-0.05, 0) is 40.4 Å². The second-order valence-electron chi connectivity index (χ2n) is 4.38. The molecule has 110 valence electrons. The number of benzene rings is 1. The maximum Gasteiger partial charge on any atom is 0.313 e. The lowest BCUT2D eigenvalue weighted by Crippen LogP contribution is -2.38. The number of hydrogen-bond donors (Lipinski definition) is 3. The number of rotatable bonds is 5. The maximum atomic E-state index is 13.5. The zero-order chi connectivity index (χ0) is 15.1. The summed E-state index contributed by atoms with van der Waals surface area (Å²) in [5, 5.41) is 13.4. The number of aliphatic hydroxyl groups is 1. The number of carbonyl (C=O) groups excluding carboxylic acids is 2. The standard InChI is InChI=1S/C13H16BrFN2O3/c1-8(5-6-18)7-16-12(19)13(20)17-11-9(14)3-2-4-10(11)15/h2-4,8,18H,5-7H2,1H3,(H,16,19)(H,17,20). The Kier molecular flexibility index (Phi) is 6.60. The van der Waals surface area contributed by atoms with Crippen LogP contribution >= 0.6 is 15.9 Å². The lowest BCUT2D eigenvalue weighted by Gasteiger charge is -2.12. The fraction of sp³-hybridized carbons (Fsp3) is 0.385. The number of halogens is 2. The van der Waals surface area contributed by atoms with Crippen LogP contribution in [0.25, 0.3) is 0 Å². The molecule has 0 saturated heterocycles. The van der Waals surface area contributed by atoms with E-state index in [4.69, 9.17) is 5.11 Å². The summed E-state index contributed by atoms with van der Waals surface area (Å²) in [4.78, 5) is 23.2. The zero-order valence-corrected chi connectivity index (χ0v) is 12.5. The Balaban J connectivity index is 2.56. The van der Waals surface area contributed by atoms with Crippen molar-refractivity contribution in [3.63, 3.8) is 0 Å². The van der Waals surface area contributed by atoms with Gasteiger partial charge >= 0.3 is 11.8 Å². The van der Waals surface area contributed by atoms with Crippen molar-refractivity contribution in [2.45, 2.75) is 13.3 Å². The van der Waals surface area contributed by atoms with Gasteiger partial charge < -0.3 is 15.7 Å². The van der Waals surface area contributed by atoms with Crippen molar-refractivity contribution < 1.29 is 19.1 Å². The van der Waals surface area contributed by atoms with E-state index in [1.165, 1.54) is 12.1 Å². The average Bonchev–Trinajstić information content (AvgIpc) is 2.40. The number of nitrogens with one attached hydrogen (secondary N) is 2. The Morgan fingerprint density at radius 2 is 2.10 bits per heavy atom. The van der Waals surface area contributed by atoms with E-state index in [0.717, 1.165) is 0 Å². The summed E-state index contributed by atoms with van der Waals surface area (Å²) in [6.07, 6.45) is 0.529. The quantitative estimate of drug-likeness (QED) is 0.709. The Labute approximate surface area is 124 Å². The van der Waals surface area contributed by atoms with E-state index >= 15 is 0 Å². The molecule has 0 aliphatic carbocycles. The number of para-hydroxylation sites is 1. The van der Waals surface area contributed by atoms with Gasteiger partial charge in [0, 0.05) is 17.6 Å². The highest BCUT2D eigenvalue weighted by atomic mass is 79.9. The van der Waals surface area contributed by atoms with Gasteiger partial charge in [-0.25, -0.2) is 4.39 Å². The van der Waals surface area contributed by atoms with Gasteiger partial charge in [0.25, 0.3) is 0 Å². The second kappa shape index (κ2) is 7.96. The first-order valence-corrected chi connectivity index (χ1v) is 6.89. The lowest BCUT2D eigenvalue weighted by molar-refractivity contribution is -0.136. The fourth-order valence-corrected chi connectivity index (χ4v) is 1.90. The number of amides is 2. The number of anilines is 1. The van der Waals surface area contributed by atoms with Gasteiger partial charge in [0.1, 0.15) is 5.82 Å². The molecule has 0 radical (unpaired) electrons. The third-order valence-electron chi connectivity index (χ3n) is 2.64. The fourth-order valence-electron chi connectivity index (χ4n) is 1.46. The zero-order valence-electron chi connectivity index (χ0n) is 11.0. The molecule has 0 fully saturated rings. The molecule has 0 aromatic heterocycles. The molecule has 1 unspecified atom stereocenters. The molecule has 2 amide bonds. The Hall–Kier alpha value is -1.47. The van der Waals surface area contributed by atoms with Crippen LogP contribution in [0.3, 0.4) is 0 Å². The van der Waals surface area contributed by atoms with Gasteiger partial charge in [0.2, 0.25) is 0 Å². The molecule has 5 nitrogen and oxygen atoms in total. The SMILES string of the molecule is CC(CCO)CNC(=O)C(=O)Nc1c(F)cccc1Br. The number of hydrogen-bond acceptors (Lipinski definition) is 3. The van der Waals surface area contributed by atoms with Crippen molar-refractivity contribution in [3.05, 3.63) is 28.5 Å². The molecule has 0 heterocycles. The van der Waals surface area contributed by atoms with Gasteiger partial charge in [-0.1, -0.05) is 13.0 Å². The van der Waals surface area contributed by atoms with Crippen molar-refractivity contribution in [1.29, 1.82) is 0 Å². The minimum absolute atomic E-state index is 0.0193. The molecule has 1 atom stereocenters. The summed E-state index contributed by atoms with van der Waals surface area (Å²) in [6, 6.07) is 4.22. The highest BCUT2D eigenvalue weighted by molar-refractivity contribution is 9.10. The third kappa shape index (κ3) is 4.90. The van der Waals surface area contributed by atoms with E-state index in [0.29, 0.717) is 10.9 Å². The van der Waals surface area contributed by atoms with Gasteiger partial charge in [0.05, 0.1) is 5.69 Å². The molecule has 3 N–H and O–H groups in total. The molecule has 1 aromatic rings. The van der Waals surface area contributed by atoms with Crippen LogP contribution in [0, 0.1) is 11.7 Å². The minimum Gasteiger partial charge on any atom is -0.396 e. The smallest absolute Gasteiger partial charge is 0.313 e. The van der Waals surface area contributed by atoms with Crippen LogP contribution in [0.15, 0.2) is 22.7 Å². The summed E-state index contributed by atoms with van der Waals surface area (Å²) >= 11 is 3.09. The van der Waals surface area contributed by atoms with E-state index in [-0.39, 0.29) is 24.8 Å². The molecule has 1 rings (SSSR count). The molecule has 20 heavy (non-hydrogen) atoms. The largest absolute Gasteiger partial charge is 0.396 e. The van der Waals surface area contributed by atoms with Crippen molar-refractivity contribution in [2.75, 3.05) is 18.5 Å². The van der Waals surface area contributed by atoms with Crippen molar-refractivity contribution >= 4 is 33.4 Å². The third-order valence-corrected chi connectivity index (χ3v) is 3.30. The topological polar surface area (TPSA) is 78.4 Å². The normalized spacial score (nSPS) is 11.8. The predicted molar refractivity (Wildman–Crippen MR) is 76.6 cm³/mol. The molecular formula is C13H16BrFN2O3. The molecule has 0 aliphatic heterocycles. The number of carbonyl (C=O) groups is 2. The first-order valence-electron chi connectivity index (χ1n) is 6.09. The monoisotopic (exact) mass is 346 g/mol. The van der Waals surface area contributed by atoms with Crippen LogP contribution in [0.4, 0.5) is 10.1 Å². The van der Waals surface area contributed by atoms with Crippen LogP contribution in [0.5, 0.6) is 0 Å². The van der Waals surface area contributed by atoms with E-state index < -0.39 is 17.6 Å². The van der Waals surface area contributed by atoms with E-state index in [2.05, 4.69) is 26.6 Å². The minimum atomic E-state index is -0.938. The van der Waals surface area contributed by atoms with Gasteiger partial charge in [-0.15, -0.1) is 0 Å². The van der Waals surface area contributed by atoms with Crippen LogP contribution in [0.1, 0.15) is 13.3 Å². The molecule has 0 bridgehead atoms. The predicted octanol–water partition coefficient (Wildman–Crippen LogP) is 1.66. The van der Waals surface area contributed by atoms with Crippen molar-refractivity contribution in [2.24, 2.45) is 5.92 Å². The molecule has 1 aromatic carbocycles. The van der Waals surface area contributed by atoms with Gasteiger partial charge in [-0.3, -0.25) is 9.59 Å². The summed E-state index contributed by atoms with van der Waals surface area (Å²) < 4.78 is 13.8. The van der Waals surface area contributed by atoms with Gasteiger partial charge in [0.15, 0.2) is 0 Å². The second-order valence-corrected chi connectivity index (χ2v) is 5.23. The molecule has 0 saturated carbocycles. The van der Waals surface area contributed by atoms with Gasteiger partial charge in [-0.2, -0.15) is 0 Å². The first-order chi connectivity index (χ1) is 9.45. The Morgan fingerprint density at radius 1 is 1.40 bits per heavy atom. The van der Waals surface area contributed by atoms with E-state index in [1.54, 1.807) is 6.07 Å². The summed E-state index contributed by atoms with van der Waals surface area (Å²) in [5.41, 5.74) is -0.0731. The molecular weight excluding hydrogens is 331 g/mol. The molecule has 0 spiro atoms. The molecule has 7 heteroatoms. The van der Waals surface area contributed by atoms with Crippen molar-refractivity contribution in [3.8, 4) is 0 Å². The Morgan fingerprint density at radius 3 is 2.70 bits per heavy atom. The van der Waals surface area contributed by atoms with E-state index in [1.807, 2.05) is 6.92 Å². The summed E-state index contributed by atoms with van der Waals surface area (Å²) in [7, 11) is 0. The summed E-state index contributed by atoms with van der Waals surface area (Å²) in [6.45, 7) is 2.12. The average molecular weight is 347 g/mol. The Bertz CT molecular complexity index is 476. The number of aliphatic hydroxyl groups excluding tert-OH is 1. The highest BCUT2D eigenvalue weighted by Crippen LogP contribution is 2.24. The van der Waals surface area contributed by atoms with Crippen LogP contribution in [0.2, 0.25) is 0 Å². The first kappa shape index (κ1) is 16.6. The summed E-state index contributed by atoms with van der Waals surface area (Å²) in [5.74, 6) is -2.36.